The molecule has 1 aliphatic heterocycles. The zero-order valence-electron chi connectivity index (χ0n) is 19.3. The topological polar surface area (TPSA) is 89.5 Å². The predicted octanol–water partition coefficient (Wildman–Crippen LogP) is 5.14. The molecule has 0 bridgehead atoms. The van der Waals surface area contributed by atoms with E-state index in [1.165, 1.54) is 36.4 Å². The van der Waals surface area contributed by atoms with E-state index >= 15 is 0 Å². The first-order valence-corrected chi connectivity index (χ1v) is 11.9. The van der Waals surface area contributed by atoms with E-state index in [1.807, 2.05) is 0 Å². The molecule has 1 saturated heterocycles. The van der Waals surface area contributed by atoms with E-state index < -0.39 is 23.1 Å². The fourth-order valence-corrected chi connectivity index (χ4v) is 4.36. The van der Waals surface area contributed by atoms with E-state index in [2.05, 4.69) is 15.6 Å². The minimum atomic E-state index is -1.20. The smallest absolute Gasteiger partial charge is 0.251 e. The molecule has 3 aromatic rings. The third kappa shape index (κ3) is 6.20. The molecular formula is C25H25F2N3O4S. The van der Waals surface area contributed by atoms with Crippen LogP contribution in [0.1, 0.15) is 26.7 Å². The summed E-state index contributed by atoms with van der Waals surface area (Å²) < 4.78 is 37.9. The molecule has 0 spiro atoms. The van der Waals surface area contributed by atoms with Crippen LogP contribution in [0.25, 0.3) is 11.3 Å². The number of nitrogens with zero attached hydrogens (tertiary/aromatic N) is 1. The number of aromatic nitrogens is 1. The van der Waals surface area contributed by atoms with Crippen molar-refractivity contribution < 1.29 is 27.8 Å². The maximum absolute atomic E-state index is 13.5. The van der Waals surface area contributed by atoms with E-state index in [9.17, 15) is 18.4 Å². The highest BCUT2D eigenvalue weighted by atomic mass is 32.1. The second-order valence-corrected chi connectivity index (χ2v) is 9.63. The van der Waals surface area contributed by atoms with Crippen LogP contribution >= 0.6 is 11.3 Å². The number of thiazole rings is 1. The average Bonchev–Trinajstić information content (AvgIpc) is 3.23. The van der Waals surface area contributed by atoms with Crippen molar-refractivity contribution in [3.8, 4) is 22.1 Å². The van der Waals surface area contributed by atoms with Gasteiger partial charge in [-0.25, -0.2) is 13.8 Å². The van der Waals surface area contributed by atoms with Crippen LogP contribution in [0.4, 0.5) is 13.9 Å². The zero-order chi connectivity index (χ0) is 25.0. The van der Waals surface area contributed by atoms with Crippen LogP contribution in [0.2, 0.25) is 0 Å². The molecule has 2 heterocycles. The van der Waals surface area contributed by atoms with E-state index in [0.29, 0.717) is 48.1 Å². The summed E-state index contributed by atoms with van der Waals surface area (Å²) in [6.07, 6.45) is 1.22. The number of carbonyl (C=O) groups is 2. The Hall–Kier alpha value is -3.37. The van der Waals surface area contributed by atoms with Crippen molar-refractivity contribution in [1.29, 1.82) is 0 Å². The molecular weight excluding hydrogens is 476 g/mol. The van der Waals surface area contributed by atoms with Gasteiger partial charge in [0.25, 0.3) is 5.91 Å². The molecule has 7 nitrogen and oxygen atoms in total. The molecule has 35 heavy (non-hydrogen) atoms. The van der Waals surface area contributed by atoms with Crippen LogP contribution in [0.3, 0.4) is 0 Å². The summed E-state index contributed by atoms with van der Waals surface area (Å²) in [7, 11) is 0. The Bertz CT molecular complexity index is 1190. The Morgan fingerprint density at radius 2 is 1.63 bits per heavy atom. The minimum Gasteiger partial charge on any atom is -0.444 e. The fraction of sp³-hybridized carbons (Fsp3) is 0.320. The van der Waals surface area contributed by atoms with Crippen LogP contribution in [-0.4, -0.2) is 35.6 Å². The molecule has 2 aromatic carbocycles. The number of rotatable bonds is 7. The third-order valence-corrected chi connectivity index (χ3v) is 6.40. The van der Waals surface area contributed by atoms with Crippen LogP contribution < -0.4 is 15.4 Å². The van der Waals surface area contributed by atoms with Crippen molar-refractivity contribution in [3.63, 3.8) is 0 Å². The highest BCUT2D eigenvalue weighted by Crippen LogP contribution is 2.40. The summed E-state index contributed by atoms with van der Waals surface area (Å²) in [5.41, 5.74) is -0.235. The molecule has 4 rings (SSSR count). The number of hydrogen-bond donors (Lipinski definition) is 2. The van der Waals surface area contributed by atoms with Crippen molar-refractivity contribution in [1.82, 2.24) is 10.3 Å². The average molecular weight is 502 g/mol. The summed E-state index contributed by atoms with van der Waals surface area (Å²) in [5, 5.41) is 6.13. The Balaban J connectivity index is 1.54. The molecule has 0 radical (unpaired) electrons. The number of amides is 2. The quantitative estimate of drug-likeness (QED) is 0.468. The molecule has 1 aliphatic rings. The number of carbonyl (C=O) groups excluding carboxylic acids is 2. The van der Waals surface area contributed by atoms with Gasteiger partial charge in [-0.1, -0.05) is 11.3 Å². The van der Waals surface area contributed by atoms with Gasteiger partial charge in [-0.3, -0.25) is 14.9 Å². The van der Waals surface area contributed by atoms with Crippen LogP contribution in [0.15, 0.2) is 48.5 Å². The Morgan fingerprint density at radius 3 is 2.26 bits per heavy atom. The Morgan fingerprint density at radius 1 is 1.03 bits per heavy atom. The number of halogens is 2. The fourth-order valence-electron chi connectivity index (χ4n) is 3.51. The molecule has 1 aromatic heterocycles. The summed E-state index contributed by atoms with van der Waals surface area (Å²) in [6.45, 7) is 4.27. The monoisotopic (exact) mass is 501 g/mol. The Labute approximate surface area is 205 Å². The van der Waals surface area contributed by atoms with E-state index in [-0.39, 0.29) is 17.0 Å². The van der Waals surface area contributed by atoms with Gasteiger partial charge >= 0.3 is 0 Å². The van der Waals surface area contributed by atoms with Crippen LogP contribution in [-0.2, 0) is 14.3 Å². The van der Waals surface area contributed by atoms with Crippen molar-refractivity contribution in [2.45, 2.75) is 32.2 Å². The number of nitrogens with one attached hydrogen (secondary N) is 2. The van der Waals surface area contributed by atoms with Crippen LogP contribution in [0.5, 0.6) is 10.8 Å². The van der Waals surface area contributed by atoms with Gasteiger partial charge in [-0.15, -0.1) is 0 Å². The van der Waals surface area contributed by atoms with E-state index in [1.54, 1.807) is 26.0 Å². The van der Waals surface area contributed by atoms with Gasteiger partial charge in [0, 0.05) is 24.7 Å². The van der Waals surface area contributed by atoms with Crippen molar-refractivity contribution in [2.24, 2.45) is 5.92 Å². The highest BCUT2D eigenvalue weighted by molar-refractivity contribution is 7.18. The number of anilines is 1. The lowest BCUT2D eigenvalue weighted by Crippen LogP contribution is -2.54. The summed E-state index contributed by atoms with van der Waals surface area (Å²) >= 11 is 1.07. The van der Waals surface area contributed by atoms with E-state index in [4.69, 9.17) is 9.47 Å². The van der Waals surface area contributed by atoms with Crippen molar-refractivity contribution >= 4 is 28.3 Å². The SMILES string of the molecule is CC(C)(NC(=O)C1CCOCC1)C(=O)Nc1nc(-c2ccc(F)cc2)c(Oc2ccc(F)cc2)s1. The number of ether oxygens (including phenoxy) is 2. The van der Waals surface area contributed by atoms with Crippen molar-refractivity contribution in [3.05, 3.63) is 60.2 Å². The molecule has 0 unspecified atom stereocenters. The molecule has 0 saturated carbocycles. The van der Waals surface area contributed by atoms with Gasteiger partial charge in [0.2, 0.25) is 11.0 Å². The van der Waals surface area contributed by atoms with Gasteiger partial charge < -0.3 is 14.8 Å². The second-order valence-electron chi connectivity index (χ2n) is 8.67. The molecule has 184 valence electrons. The molecule has 0 aliphatic carbocycles. The molecule has 2 amide bonds. The largest absolute Gasteiger partial charge is 0.444 e. The van der Waals surface area contributed by atoms with Gasteiger partial charge in [0.15, 0.2) is 5.13 Å². The Kier molecular flexibility index (Phi) is 7.42. The highest BCUT2D eigenvalue weighted by Gasteiger charge is 2.33. The van der Waals surface area contributed by atoms with Crippen molar-refractivity contribution in [2.75, 3.05) is 18.5 Å². The standard InChI is InChI=1S/C25H25F2N3O4S/c1-25(2,30-21(31)16-11-13-33-14-12-16)23(32)29-24-28-20(15-3-5-17(26)6-4-15)22(35-24)34-19-9-7-18(27)8-10-19/h3-10,16H,11-14H2,1-2H3,(H,30,31)(H,28,29,32). The lowest BCUT2D eigenvalue weighted by Gasteiger charge is -2.28. The number of hydrogen-bond acceptors (Lipinski definition) is 6. The van der Waals surface area contributed by atoms with Gasteiger partial charge in [-0.05, 0) is 75.2 Å². The lowest BCUT2D eigenvalue weighted by atomic mass is 9.96. The first-order valence-electron chi connectivity index (χ1n) is 11.1. The van der Waals surface area contributed by atoms with Crippen LogP contribution in [0, 0.1) is 17.6 Å². The maximum atomic E-state index is 13.5. The molecule has 2 N–H and O–H groups in total. The van der Waals surface area contributed by atoms with Gasteiger partial charge in [0.1, 0.15) is 28.6 Å². The summed E-state index contributed by atoms with van der Waals surface area (Å²) in [5.74, 6) is -1.28. The minimum absolute atomic E-state index is 0.195. The molecule has 1 fully saturated rings. The third-order valence-electron chi connectivity index (χ3n) is 5.55. The molecule has 10 heteroatoms. The predicted molar refractivity (Wildman–Crippen MR) is 128 cm³/mol. The first kappa shape index (κ1) is 24.7. The van der Waals surface area contributed by atoms with Gasteiger partial charge in [0.05, 0.1) is 0 Å². The second kappa shape index (κ2) is 10.5. The zero-order valence-corrected chi connectivity index (χ0v) is 20.1. The lowest BCUT2D eigenvalue weighted by molar-refractivity contribution is -0.133. The maximum Gasteiger partial charge on any atom is 0.251 e. The van der Waals surface area contributed by atoms with E-state index in [0.717, 1.165) is 11.3 Å². The first-order chi connectivity index (χ1) is 16.7. The normalized spacial score (nSPS) is 14.4. The number of benzene rings is 2. The van der Waals surface area contributed by atoms with Gasteiger partial charge in [-0.2, -0.15) is 0 Å². The molecule has 0 atom stereocenters. The summed E-state index contributed by atoms with van der Waals surface area (Å²) in [6, 6.07) is 11.2. The summed E-state index contributed by atoms with van der Waals surface area (Å²) in [4.78, 5) is 30.1.